The van der Waals surface area contributed by atoms with Gasteiger partial charge in [-0.05, 0) is 37.0 Å². The summed E-state index contributed by atoms with van der Waals surface area (Å²) < 4.78 is 5.82. The lowest BCUT2D eigenvalue weighted by Crippen LogP contribution is -1.97. The van der Waals surface area contributed by atoms with E-state index in [0.29, 0.717) is 0 Å². The van der Waals surface area contributed by atoms with Crippen LogP contribution in [0.3, 0.4) is 0 Å². The molecule has 1 aromatic carbocycles. The molecule has 0 radical (unpaired) electrons. The van der Waals surface area contributed by atoms with Crippen LogP contribution in [0, 0.1) is 0 Å². The Morgan fingerprint density at radius 3 is 1.74 bits per heavy atom. The predicted octanol–water partition coefficient (Wildman–Crippen LogP) is 7.33. The van der Waals surface area contributed by atoms with Crippen LogP contribution in [0.15, 0.2) is 24.3 Å². The van der Waals surface area contributed by atoms with Crippen molar-refractivity contribution in [2.75, 3.05) is 6.61 Å². The van der Waals surface area contributed by atoms with Crippen LogP contribution in [0.25, 0.3) is 0 Å². The Morgan fingerprint density at radius 2 is 1.13 bits per heavy atom. The zero-order valence-corrected chi connectivity index (χ0v) is 15.6. The molecule has 0 N–H and O–H groups in total. The van der Waals surface area contributed by atoms with Gasteiger partial charge in [-0.15, -0.1) is 0 Å². The van der Waals surface area contributed by atoms with Crippen molar-refractivity contribution in [3.05, 3.63) is 29.8 Å². The number of ether oxygens (including phenoxy) is 1. The van der Waals surface area contributed by atoms with Gasteiger partial charge in [-0.25, -0.2) is 0 Å². The summed E-state index contributed by atoms with van der Waals surface area (Å²) in [6, 6.07) is 8.76. The number of hydrogen-bond donors (Lipinski definition) is 0. The molecule has 1 heteroatoms. The van der Waals surface area contributed by atoms with E-state index < -0.39 is 0 Å². The van der Waals surface area contributed by atoms with Gasteiger partial charge in [-0.3, -0.25) is 0 Å². The van der Waals surface area contributed by atoms with Crippen molar-refractivity contribution in [1.82, 2.24) is 0 Å². The summed E-state index contributed by atoms with van der Waals surface area (Å²) in [5, 5.41) is 0. The van der Waals surface area contributed by atoms with Crippen molar-refractivity contribution in [2.24, 2.45) is 0 Å². The van der Waals surface area contributed by atoms with Crippen LogP contribution in [-0.2, 0) is 6.42 Å². The van der Waals surface area contributed by atoms with Crippen molar-refractivity contribution in [2.45, 2.75) is 97.3 Å². The van der Waals surface area contributed by atoms with Crippen LogP contribution in [-0.4, -0.2) is 6.61 Å². The SMILES string of the molecule is CCCCCCCCCc1ccc(OCCCCCCC)cc1. The van der Waals surface area contributed by atoms with Crippen LogP contribution >= 0.6 is 0 Å². The lowest BCUT2D eigenvalue weighted by atomic mass is 10.0. The molecule has 0 heterocycles. The van der Waals surface area contributed by atoms with E-state index in [4.69, 9.17) is 4.74 Å². The molecule has 0 atom stereocenters. The molecule has 1 nitrogen and oxygen atoms in total. The topological polar surface area (TPSA) is 9.23 Å². The van der Waals surface area contributed by atoms with Gasteiger partial charge in [0.1, 0.15) is 5.75 Å². The van der Waals surface area contributed by atoms with Gasteiger partial charge in [0.2, 0.25) is 0 Å². The molecule has 0 unspecified atom stereocenters. The average Bonchev–Trinajstić information content (AvgIpc) is 2.58. The Hall–Kier alpha value is -0.980. The molecule has 132 valence electrons. The summed E-state index contributed by atoms with van der Waals surface area (Å²) in [5.41, 5.74) is 1.45. The minimum Gasteiger partial charge on any atom is -0.494 e. The number of aryl methyl sites for hydroxylation is 1. The molecule has 0 aromatic heterocycles. The third-order valence-electron chi connectivity index (χ3n) is 4.51. The third-order valence-corrected chi connectivity index (χ3v) is 4.51. The molecule has 0 saturated heterocycles. The molecule has 0 fully saturated rings. The molecule has 0 bridgehead atoms. The van der Waals surface area contributed by atoms with Gasteiger partial charge in [0.05, 0.1) is 6.61 Å². The molecule has 0 aliphatic heterocycles. The Kier molecular flexibility index (Phi) is 12.7. The highest BCUT2D eigenvalue weighted by atomic mass is 16.5. The highest BCUT2D eigenvalue weighted by molar-refractivity contribution is 5.27. The quantitative estimate of drug-likeness (QED) is 0.308. The number of unbranched alkanes of at least 4 members (excludes halogenated alkanes) is 10. The van der Waals surface area contributed by atoms with Crippen molar-refractivity contribution >= 4 is 0 Å². The normalized spacial score (nSPS) is 10.9. The zero-order chi connectivity index (χ0) is 16.6. The van der Waals surface area contributed by atoms with E-state index in [0.717, 1.165) is 12.4 Å². The van der Waals surface area contributed by atoms with E-state index in [2.05, 4.69) is 38.1 Å². The fourth-order valence-electron chi connectivity index (χ4n) is 2.93. The van der Waals surface area contributed by atoms with Gasteiger partial charge in [0.15, 0.2) is 0 Å². The van der Waals surface area contributed by atoms with E-state index >= 15 is 0 Å². The van der Waals surface area contributed by atoms with Crippen LogP contribution < -0.4 is 4.74 Å². The number of hydrogen-bond acceptors (Lipinski definition) is 1. The van der Waals surface area contributed by atoms with Crippen molar-refractivity contribution < 1.29 is 4.74 Å². The average molecular weight is 319 g/mol. The van der Waals surface area contributed by atoms with Gasteiger partial charge in [0, 0.05) is 0 Å². The van der Waals surface area contributed by atoms with Gasteiger partial charge >= 0.3 is 0 Å². The molecule has 0 aliphatic rings. The first-order chi connectivity index (χ1) is 11.4. The standard InChI is InChI=1S/C22H38O/c1-3-5-7-9-10-11-13-15-21-16-18-22(19-17-21)23-20-14-12-8-6-4-2/h16-19H,3-15,20H2,1-2H3. The Labute approximate surface area is 144 Å². The second kappa shape index (κ2) is 14.6. The molecular weight excluding hydrogens is 280 g/mol. The summed E-state index contributed by atoms with van der Waals surface area (Å²) in [6.45, 7) is 5.39. The minimum absolute atomic E-state index is 0.862. The van der Waals surface area contributed by atoms with E-state index in [1.807, 2.05) is 0 Å². The fraction of sp³-hybridized carbons (Fsp3) is 0.727. The Morgan fingerprint density at radius 1 is 0.609 bits per heavy atom. The van der Waals surface area contributed by atoms with Gasteiger partial charge in [-0.1, -0.05) is 90.2 Å². The monoisotopic (exact) mass is 318 g/mol. The molecule has 1 aromatic rings. The summed E-state index contributed by atoms with van der Waals surface area (Å²) >= 11 is 0. The summed E-state index contributed by atoms with van der Waals surface area (Å²) in [5.74, 6) is 1.03. The first-order valence-corrected chi connectivity index (χ1v) is 10.1. The largest absolute Gasteiger partial charge is 0.494 e. The summed E-state index contributed by atoms with van der Waals surface area (Å²) in [4.78, 5) is 0. The third kappa shape index (κ3) is 11.2. The molecule has 0 saturated carbocycles. The highest BCUT2D eigenvalue weighted by Crippen LogP contribution is 2.16. The predicted molar refractivity (Wildman–Crippen MR) is 102 cm³/mol. The number of benzene rings is 1. The molecule has 0 amide bonds. The van der Waals surface area contributed by atoms with Crippen molar-refractivity contribution in [3.63, 3.8) is 0 Å². The van der Waals surface area contributed by atoms with E-state index in [1.165, 1.54) is 89.0 Å². The highest BCUT2D eigenvalue weighted by Gasteiger charge is 1.97. The van der Waals surface area contributed by atoms with Gasteiger partial charge < -0.3 is 4.74 Å². The maximum Gasteiger partial charge on any atom is 0.119 e. The molecule has 23 heavy (non-hydrogen) atoms. The second-order valence-electron chi connectivity index (χ2n) is 6.78. The summed E-state index contributed by atoms with van der Waals surface area (Å²) in [7, 11) is 0. The zero-order valence-electron chi connectivity index (χ0n) is 15.6. The maximum absolute atomic E-state index is 5.82. The molecule has 0 spiro atoms. The first-order valence-electron chi connectivity index (χ1n) is 10.1. The molecule has 0 aliphatic carbocycles. The van der Waals surface area contributed by atoms with Crippen molar-refractivity contribution in [3.8, 4) is 5.75 Å². The van der Waals surface area contributed by atoms with Gasteiger partial charge in [-0.2, -0.15) is 0 Å². The van der Waals surface area contributed by atoms with E-state index in [1.54, 1.807) is 0 Å². The Balaban J connectivity index is 2.04. The molecular formula is C22H38O. The van der Waals surface area contributed by atoms with Gasteiger partial charge in [0.25, 0.3) is 0 Å². The van der Waals surface area contributed by atoms with E-state index in [9.17, 15) is 0 Å². The first kappa shape index (κ1) is 20.1. The number of rotatable bonds is 15. The molecule has 1 rings (SSSR count). The van der Waals surface area contributed by atoms with Crippen LogP contribution in [0.4, 0.5) is 0 Å². The maximum atomic E-state index is 5.82. The fourth-order valence-corrected chi connectivity index (χ4v) is 2.93. The van der Waals surface area contributed by atoms with Crippen LogP contribution in [0.1, 0.15) is 96.5 Å². The lowest BCUT2D eigenvalue weighted by molar-refractivity contribution is 0.304. The van der Waals surface area contributed by atoms with Crippen molar-refractivity contribution in [1.29, 1.82) is 0 Å². The second-order valence-corrected chi connectivity index (χ2v) is 6.78. The van der Waals surface area contributed by atoms with Crippen LogP contribution in [0.2, 0.25) is 0 Å². The Bertz CT molecular complexity index is 355. The summed E-state index contributed by atoms with van der Waals surface area (Å²) in [6.07, 6.45) is 17.4. The lowest BCUT2D eigenvalue weighted by Gasteiger charge is -2.07. The van der Waals surface area contributed by atoms with E-state index in [-0.39, 0.29) is 0 Å². The smallest absolute Gasteiger partial charge is 0.119 e. The van der Waals surface area contributed by atoms with Crippen LogP contribution in [0.5, 0.6) is 5.75 Å². The minimum atomic E-state index is 0.862.